The molecule has 8 nitrogen and oxygen atoms in total. The molecule has 0 rings (SSSR count). The first-order valence-corrected chi connectivity index (χ1v) is 12.1. The molecule has 6 amide bonds. The Morgan fingerprint density at radius 2 is 1.04 bits per heavy atom. The number of nitrogens with one attached hydrogen (secondary N) is 4. The lowest BCUT2D eigenvalue weighted by atomic mass is 10.1. The summed E-state index contributed by atoms with van der Waals surface area (Å²) in [5.41, 5.74) is 0. The smallest absolute Gasteiger partial charge is 0.321 e. The third-order valence-electron chi connectivity index (χ3n) is 3.46. The molecular weight excluding hydrogens is 400 g/mol. The van der Waals surface area contributed by atoms with Crippen molar-refractivity contribution in [2.45, 2.75) is 53.4 Å². The van der Waals surface area contributed by atoms with E-state index in [4.69, 9.17) is 0 Å². The molecule has 0 radical (unpaired) electrons. The van der Waals surface area contributed by atoms with Crippen LogP contribution in [0.2, 0.25) is 0 Å². The minimum Gasteiger partial charge on any atom is -0.338 e. The molecule has 0 bridgehead atoms. The maximum absolute atomic E-state index is 11.6. The van der Waals surface area contributed by atoms with Crippen molar-refractivity contribution < 1.29 is 19.2 Å². The zero-order valence-electron chi connectivity index (χ0n) is 17.3. The summed E-state index contributed by atoms with van der Waals surface area (Å²) in [5, 5.41) is 9.74. The maximum atomic E-state index is 11.6. The lowest BCUT2D eigenvalue weighted by molar-refractivity contribution is -0.118. The summed E-state index contributed by atoms with van der Waals surface area (Å²) in [6.45, 7) is 9.49. The van der Waals surface area contributed by atoms with Crippen LogP contribution < -0.4 is 21.3 Å². The van der Waals surface area contributed by atoms with Crippen molar-refractivity contribution in [2.75, 3.05) is 24.6 Å². The quantitative estimate of drug-likeness (QED) is 0.262. The van der Waals surface area contributed by atoms with Crippen LogP contribution in [0.1, 0.15) is 53.4 Å². The highest BCUT2D eigenvalue weighted by Crippen LogP contribution is 2.20. The number of carbonyl (C=O) groups excluding carboxylic acids is 4. The van der Waals surface area contributed by atoms with E-state index in [-0.39, 0.29) is 11.5 Å². The SMILES string of the molecule is CC(C)CCCNC(=O)NC(=O)CSSCC(=O)NC(=O)NCCCC(C)C. The average molecular weight is 435 g/mol. The van der Waals surface area contributed by atoms with Crippen molar-refractivity contribution in [2.24, 2.45) is 11.8 Å². The molecule has 0 unspecified atom stereocenters. The highest BCUT2D eigenvalue weighted by molar-refractivity contribution is 8.77. The van der Waals surface area contributed by atoms with Crippen LogP contribution >= 0.6 is 21.6 Å². The third-order valence-corrected chi connectivity index (χ3v) is 5.59. The standard InChI is InChI=1S/C18H34N4O4S2/c1-13(2)7-5-9-19-17(25)21-15(23)11-27-28-12-16(24)22-18(26)20-10-6-8-14(3)4/h13-14H,5-12H2,1-4H3,(H2,19,21,23,25)(H2,20,22,24,26). The van der Waals surface area contributed by atoms with Gasteiger partial charge in [0.15, 0.2) is 0 Å². The van der Waals surface area contributed by atoms with Crippen LogP contribution in [0, 0.1) is 11.8 Å². The first kappa shape index (κ1) is 26.6. The monoisotopic (exact) mass is 434 g/mol. The van der Waals surface area contributed by atoms with Gasteiger partial charge in [0.2, 0.25) is 11.8 Å². The van der Waals surface area contributed by atoms with Gasteiger partial charge in [0.1, 0.15) is 0 Å². The van der Waals surface area contributed by atoms with E-state index in [1.54, 1.807) is 0 Å². The second-order valence-electron chi connectivity index (χ2n) is 7.20. The Balaban J connectivity index is 3.68. The number of carbonyl (C=O) groups is 4. The highest BCUT2D eigenvalue weighted by atomic mass is 33.1. The van der Waals surface area contributed by atoms with Gasteiger partial charge in [0, 0.05) is 13.1 Å². The summed E-state index contributed by atoms with van der Waals surface area (Å²) >= 11 is 0. The topological polar surface area (TPSA) is 116 Å². The van der Waals surface area contributed by atoms with E-state index in [0.717, 1.165) is 47.3 Å². The number of hydrogen-bond donors (Lipinski definition) is 4. The zero-order valence-corrected chi connectivity index (χ0v) is 18.9. The van der Waals surface area contributed by atoms with Crippen LogP contribution in [-0.4, -0.2) is 48.5 Å². The molecule has 0 atom stereocenters. The van der Waals surface area contributed by atoms with E-state index in [9.17, 15) is 19.2 Å². The van der Waals surface area contributed by atoms with Gasteiger partial charge in [-0.3, -0.25) is 20.2 Å². The number of hydrogen-bond acceptors (Lipinski definition) is 6. The Morgan fingerprint density at radius 3 is 1.36 bits per heavy atom. The van der Waals surface area contributed by atoms with Gasteiger partial charge in [-0.1, -0.05) is 49.3 Å². The van der Waals surface area contributed by atoms with Crippen molar-refractivity contribution in [3.63, 3.8) is 0 Å². The number of rotatable bonds is 13. The van der Waals surface area contributed by atoms with Gasteiger partial charge in [-0.05, 0) is 37.5 Å². The summed E-state index contributed by atoms with van der Waals surface area (Å²) in [6.07, 6.45) is 3.76. The first-order valence-electron chi connectivity index (χ1n) is 9.60. The first-order chi connectivity index (χ1) is 13.2. The Hall–Kier alpha value is -1.42. The van der Waals surface area contributed by atoms with E-state index in [0.29, 0.717) is 24.9 Å². The molecule has 0 aliphatic carbocycles. The fourth-order valence-corrected chi connectivity index (χ4v) is 3.70. The summed E-state index contributed by atoms with van der Waals surface area (Å²) in [7, 11) is 2.30. The number of urea groups is 2. The molecular formula is C18H34N4O4S2. The van der Waals surface area contributed by atoms with Crippen LogP contribution in [0.3, 0.4) is 0 Å². The molecule has 0 spiro atoms. The van der Waals surface area contributed by atoms with Gasteiger partial charge in [0.25, 0.3) is 0 Å². The highest BCUT2D eigenvalue weighted by Gasteiger charge is 2.10. The molecule has 0 aliphatic rings. The fourth-order valence-electron chi connectivity index (χ4n) is 2.03. The maximum Gasteiger partial charge on any atom is 0.321 e. The van der Waals surface area contributed by atoms with E-state index in [2.05, 4.69) is 49.0 Å². The molecule has 0 aromatic carbocycles. The predicted molar refractivity (Wildman–Crippen MR) is 116 cm³/mol. The minimum atomic E-state index is -0.508. The molecule has 162 valence electrons. The van der Waals surface area contributed by atoms with Crippen LogP contribution in [0.15, 0.2) is 0 Å². The molecule has 10 heteroatoms. The Labute approximate surface area is 175 Å². The molecule has 0 aromatic rings. The third kappa shape index (κ3) is 18.0. The van der Waals surface area contributed by atoms with Crippen molar-refractivity contribution in [1.82, 2.24) is 21.3 Å². The Morgan fingerprint density at radius 1 is 0.679 bits per heavy atom. The predicted octanol–water partition coefficient (Wildman–Crippen LogP) is 2.89. The lowest BCUT2D eigenvalue weighted by Crippen LogP contribution is -2.41. The van der Waals surface area contributed by atoms with Crippen molar-refractivity contribution in [1.29, 1.82) is 0 Å². The molecule has 0 aliphatic heterocycles. The Bertz CT molecular complexity index is 458. The van der Waals surface area contributed by atoms with Gasteiger partial charge >= 0.3 is 12.1 Å². The average Bonchev–Trinajstić information content (AvgIpc) is 2.59. The number of imide groups is 2. The normalized spacial score (nSPS) is 10.6. The summed E-state index contributed by atoms with van der Waals surface area (Å²) in [4.78, 5) is 46.4. The molecule has 0 fully saturated rings. The van der Waals surface area contributed by atoms with Gasteiger partial charge in [0.05, 0.1) is 11.5 Å². The van der Waals surface area contributed by atoms with Crippen LogP contribution in [0.25, 0.3) is 0 Å². The van der Waals surface area contributed by atoms with E-state index < -0.39 is 23.9 Å². The molecule has 0 saturated carbocycles. The zero-order chi connectivity index (χ0) is 21.4. The van der Waals surface area contributed by atoms with Gasteiger partial charge < -0.3 is 10.6 Å². The van der Waals surface area contributed by atoms with E-state index >= 15 is 0 Å². The second-order valence-corrected chi connectivity index (χ2v) is 9.67. The van der Waals surface area contributed by atoms with Crippen LogP contribution in [-0.2, 0) is 9.59 Å². The fraction of sp³-hybridized carbons (Fsp3) is 0.778. The molecule has 4 N–H and O–H groups in total. The van der Waals surface area contributed by atoms with E-state index in [1.807, 2.05) is 0 Å². The molecule has 28 heavy (non-hydrogen) atoms. The van der Waals surface area contributed by atoms with Crippen LogP contribution in [0.4, 0.5) is 9.59 Å². The lowest BCUT2D eigenvalue weighted by Gasteiger charge is -2.08. The second kappa shape index (κ2) is 16.5. The summed E-state index contributed by atoms with van der Waals surface area (Å²) < 4.78 is 0. The summed E-state index contributed by atoms with van der Waals surface area (Å²) in [6, 6.07) is -1.02. The molecule has 0 heterocycles. The van der Waals surface area contributed by atoms with Gasteiger partial charge in [-0.2, -0.15) is 0 Å². The van der Waals surface area contributed by atoms with Crippen molar-refractivity contribution in [3.05, 3.63) is 0 Å². The van der Waals surface area contributed by atoms with Gasteiger partial charge in [-0.25, -0.2) is 9.59 Å². The minimum absolute atomic E-state index is 0.0404. The van der Waals surface area contributed by atoms with Crippen molar-refractivity contribution in [3.8, 4) is 0 Å². The van der Waals surface area contributed by atoms with E-state index in [1.165, 1.54) is 0 Å². The largest absolute Gasteiger partial charge is 0.338 e. The van der Waals surface area contributed by atoms with Crippen LogP contribution in [0.5, 0.6) is 0 Å². The summed E-state index contributed by atoms with van der Waals surface area (Å²) in [5.74, 6) is 0.378. The molecule has 0 saturated heterocycles. The van der Waals surface area contributed by atoms with Crippen molar-refractivity contribution >= 4 is 45.5 Å². The number of amides is 6. The molecule has 0 aromatic heterocycles. The Kier molecular flexibility index (Phi) is 15.7. The van der Waals surface area contributed by atoms with Gasteiger partial charge in [-0.15, -0.1) is 0 Å².